The van der Waals surface area contributed by atoms with Crippen LogP contribution in [0.3, 0.4) is 0 Å². The Kier molecular flexibility index (Phi) is 3.88. The zero-order valence-electron chi connectivity index (χ0n) is 11.7. The van der Waals surface area contributed by atoms with Gasteiger partial charge in [-0.15, -0.1) is 0 Å². The van der Waals surface area contributed by atoms with Crippen LogP contribution in [0.4, 0.5) is 4.39 Å². The van der Waals surface area contributed by atoms with E-state index in [-0.39, 0.29) is 23.7 Å². The second-order valence-corrected chi connectivity index (χ2v) is 5.66. The smallest absolute Gasteiger partial charge is 0.223 e. The number of nitrogens with two attached hydrogens (primary N) is 1. The van der Waals surface area contributed by atoms with E-state index < -0.39 is 0 Å². The minimum absolute atomic E-state index is 0.0461. The largest absolute Gasteiger partial charge is 0.355 e. The molecule has 2 aromatic rings. The number of halogens is 1. The zero-order chi connectivity index (χ0) is 14.8. The Labute approximate surface area is 122 Å². The number of aromatic nitrogens is 2. The number of hydrogen-bond acceptors (Lipinski definition) is 3. The Balaban J connectivity index is 1.53. The minimum atomic E-state index is -0.288. The second-order valence-electron chi connectivity index (χ2n) is 5.66. The highest BCUT2D eigenvalue weighted by molar-refractivity contribution is 5.79. The molecule has 21 heavy (non-hydrogen) atoms. The van der Waals surface area contributed by atoms with Crippen LogP contribution in [-0.4, -0.2) is 28.5 Å². The summed E-state index contributed by atoms with van der Waals surface area (Å²) in [6.45, 7) is 0.521. The van der Waals surface area contributed by atoms with Crippen molar-refractivity contribution in [3.05, 3.63) is 29.8 Å². The third-order valence-corrected chi connectivity index (χ3v) is 4.00. The van der Waals surface area contributed by atoms with Crippen molar-refractivity contribution in [2.75, 3.05) is 6.54 Å². The monoisotopic (exact) mass is 290 g/mol. The third-order valence-electron chi connectivity index (χ3n) is 4.00. The Morgan fingerprint density at radius 2 is 2.33 bits per heavy atom. The minimum Gasteiger partial charge on any atom is -0.355 e. The number of H-pyrrole nitrogens is 1. The predicted octanol–water partition coefficient (Wildman–Crippen LogP) is 1.49. The molecule has 4 N–H and O–H groups in total. The summed E-state index contributed by atoms with van der Waals surface area (Å²) in [4.78, 5) is 19.4. The van der Waals surface area contributed by atoms with Crippen molar-refractivity contribution in [3.8, 4) is 0 Å². The molecule has 1 aliphatic rings. The lowest BCUT2D eigenvalue weighted by atomic mass is 10.1. The summed E-state index contributed by atoms with van der Waals surface area (Å²) in [6, 6.07) is 4.61. The second kappa shape index (κ2) is 5.81. The lowest BCUT2D eigenvalue weighted by Crippen LogP contribution is -2.32. The van der Waals surface area contributed by atoms with Gasteiger partial charge < -0.3 is 16.0 Å². The maximum atomic E-state index is 13.1. The number of hydrogen-bond donors (Lipinski definition) is 3. The first-order valence-corrected chi connectivity index (χ1v) is 7.29. The molecule has 3 rings (SSSR count). The zero-order valence-corrected chi connectivity index (χ0v) is 11.7. The van der Waals surface area contributed by atoms with Crippen LogP contribution in [0.1, 0.15) is 25.1 Å². The van der Waals surface area contributed by atoms with E-state index in [1.54, 1.807) is 6.07 Å². The van der Waals surface area contributed by atoms with Crippen LogP contribution in [0.25, 0.3) is 11.0 Å². The number of nitrogens with one attached hydrogen (secondary N) is 2. The summed E-state index contributed by atoms with van der Waals surface area (Å²) in [6.07, 6.45) is 3.17. The van der Waals surface area contributed by atoms with E-state index in [2.05, 4.69) is 15.3 Å². The molecular weight excluding hydrogens is 271 g/mol. The number of aromatic amines is 1. The Bertz CT molecular complexity index is 654. The first-order valence-electron chi connectivity index (χ1n) is 7.29. The summed E-state index contributed by atoms with van der Waals surface area (Å²) >= 11 is 0. The molecule has 2 atom stereocenters. The highest BCUT2D eigenvalue weighted by Gasteiger charge is 2.27. The van der Waals surface area contributed by atoms with E-state index in [0.29, 0.717) is 18.5 Å². The Hall–Kier alpha value is -1.95. The summed E-state index contributed by atoms with van der Waals surface area (Å²) in [5.74, 6) is 0.581. The number of amides is 1. The molecule has 0 aliphatic heterocycles. The number of rotatable bonds is 4. The van der Waals surface area contributed by atoms with Gasteiger partial charge >= 0.3 is 0 Å². The quantitative estimate of drug-likeness (QED) is 0.797. The average Bonchev–Trinajstić information content (AvgIpc) is 3.04. The van der Waals surface area contributed by atoms with Crippen molar-refractivity contribution in [3.63, 3.8) is 0 Å². The standard InChI is InChI=1S/C15H19FN4O/c16-10-2-4-12-13(8-10)20-14(19-12)5-6-18-15(21)9-1-3-11(17)7-9/h2,4,8-9,11H,1,3,5-7,17H2,(H,18,21)(H,19,20). The molecule has 0 saturated heterocycles. The molecule has 2 unspecified atom stereocenters. The summed E-state index contributed by atoms with van der Waals surface area (Å²) in [5.41, 5.74) is 7.23. The highest BCUT2D eigenvalue weighted by Crippen LogP contribution is 2.23. The molecule has 1 aromatic heterocycles. The molecule has 1 fully saturated rings. The van der Waals surface area contributed by atoms with Gasteiger partial charge in [0.15, 0.2) is 0 Å². The first kappa shape index (κ1) is 14.0. The normalized spacial score (nSPS) is 21.8. The topological polar surface area (TPSA) is 83.8 Å². The molecule has 1 aromatic carbocycles. The SMILES string of the molecule is NC1CCC(C(=O)NCCc2nc3ccc(F)cc3[nH]2)C1. The Morgan fingerprint density at radius 3 is 3.10 bits per heavy atom. The van der Waals surface area contributed by atoms with Crippen LogP contribution in [0.15, 0.2) is 18.2 Å². The van der Waals surface area contributed by atoms with Crippen LogP contribution in [0.2, 0.25) is 0 Å². The molecule has 0 spiro atoms. The molecule has 1 saturated carbocycles. The average molecular weight is 290 g/mol. The summed E-state index contributed by atoms with van der Waals surface area (Å²) < 4.78 is 13.1. The van der Waals surface area contributed by atoms with E-state index in [1.807, 2.05) is 0 Å². The lowest BCUT2D eigenvalue weighted by Gasteiger charge is -2.09. The number of benzene rings is 1. The van der Waals surface area contributed by atoms with Crippen LogP contribution >= 0.6 is 0 Å². The first-order chi connectivity index (χ1) is 10.1. The molecule has 112 valence electrons. The van der Waals surface area contributed by atoms with Gasteiger partial charge in [0.25, 0.3) is 0 Å². The molecule has 6 heteroatoms. The highest BCUT2D eigenvalue weighted by atomic mass is 19.1. The maximum Gasteiger partial charge on any atom is 0.223 e. The summed E-state index contributed by atoms with van der Waals surface area (Å²) in [5, 5.41) is 2.92. The van der Waals surface area contributed by atoms with Crippen LogP contribution in [0.5, 0.6) is 0 Å². The number of fused-ring (bicyclic) bond motifs is 1. The third kappa shape index (κ3) is 3.21. The van der Waals surface area contributed by atoms with Gasteiger partial charge in [-0.25, -0.2) is 9.37 Å². The predicted molar refractivity (Wildman–Crippen MR) is 78.1 cm³/mol. The molecular formula is C15H19FN4O. The van der Waals surface area contributed by atoms with Gasteiger partial charge in [0.05, 0.1) is 11.0 Å². The number of carbonyl (C=O) groups is 1. The fourth-order valence-electron chi connectivity index (χ4n) is 2.86. The number of nitrogens with zero attached hydrogens (tertiary/aromatic N) is 1. The van der Waals surface area contributed by atoms with Crippen LogP contribution < -0.4 is 11.1 Å². The van der Waals surface area contributed by atoms with E-state index in [4.69, 9.17) is 5.73 Å². The molecule has 1 amide bonds. The van der Waals surface area contributed by atoms with Gasteiger partial charge in [0.1, 0.15) is 11.6 Å². The van der Waals surface area contributed by atoms with Crippen molar-refractivity contribution in [2.24, 2.45) is 11.7 Å². The molecule has 1 aliphatic carbocycles. The molecule has 0 bridgehead atoms. The van der Waals surface area contributed by atoms with Crippen molar-refractivity contribution in [1.82, 2.24) is 15.3 Å². The van der Waals surface area contributed by atoms with Crippen molar-refractivity contribution in [2.45, 2.75) is 31.7 Å². The fourth-order valence-corrected chi connectivity index (χ4v) is 2.86. The molecule has 1 heterocycles. The van der Waals surface area contributed by atoms with E-state index in [9.17, 15) is 9.18 Å². The van der Waals surface area contributed by atoms with Gasteiger partial charge in [-0.2, -0.15) is 0 Å². The molecule has 5 nitrogen and oxygen atoms in total. The van der Waals surface area contributed by atoms with Gasteiger partial charge in [-0.3, -0.25) is 4.79 Å². The van der Waals surface area contributed by atoms with Crippen molar-refractivity contribution < 1.29 is 9.18 Å². The van der Waals surface area contributed by atoms with Gasteiger partial charge in [-0.1, -0.05) is 0 Å². The molecule has 0 radical (unpaired) electrons. The van der Waals surface area contributed by atoms with Crippen molar-refractivity contribution >= 4 is 16.9 Å². The van der Waals surface area contributed by atoms with E-state index >= 15 is 0 Å². The Morgan fingerprint density at radius 1 is 1.48 bits per heavy atom. The fraction of sp³-hybridized carbons (Fsp3) is 0.467. The summed E-state index contributed by atoms with van der Waals surface area (Å²) in [7, 11) is 0. The lowest BCUT2D eigenvalue weighted by molar-refractivity contribution is -0.124. The number of imidazole rings is 1. The van der Waals surface area contributed by atoms with E-state index in [1.165, 1.54) is 12.1 Å². The van der Waals surface area contributed by atoms with Crippen LogP contribution in [-0.2, 0) is 11.2 Å². The number of carbonyl (C=O) groups excluding carboxylic acids is 1. The maximum absolute atomic E-state index is 13.1. The van der Waals surface area contributed by atoms with Gasteiger partial charge in [-0.05, 0) is 37.5 Å². The van der Waals surface area contributed by atoms with Crippen LogP contribution in [0, 0.1) is 11.7 Å². The van der Waals surface area contributed by atoms with Crippen molar-refractivity contribution in [1.29, 1.82) is 0 Å². The van der Waals surface area contributed by atoms with Gasteiger partial charge in [0.2, 0.25) is 5.91 Å². The van der Waals surface area contributed by atoms with Gasteiger partial charge in [0, 0.05) is 24.9 Å². The van der Waals surface area contributed by atoms with E-state index in [0.717, 1.165) is 30.6 Å².